The minimum atomic E-state index is -0.138. The van der Waals surface area contributed by atoms with Gasteiger partial charge in [-0.05, 0) is 64.3 Å². The zero-order chi connectivity index (χ0) is 20.3. The van der Waals surface area contributed by atoms with Crippen molar-refractivity contribution < 1.29 is 23.7 Å². The Hall–Kier alpha value is -1.87. The summed E-state index contributed by atoms with van der Waals surface area (Å²) >= 11 is 6.99. The Labute approximate surface area is 180 Å². The van der Waals surface area contributed by atoms with Crippen molar-refractivity contribution in [3.8, 4) is 11.5 Å². The maximum Gasteiger partial charge on any atom is 0.256 e. The third kappa shape index (κ3) is 4.25. The van der Waals surface area contributed by atoms with E-state index >= 15 is 0 Å². The van der Waals surface area contributed by atoms with E-state index < -0.39 is 0 Å². The molecule has 148 valence electrons. The summed E-state index contributed by atoms with van der Waals surface area (Å²) in [5.41, 5.74) is 3.90. The molecule has 0 bridgehead atoms. The molecule has 0 aliphatic carbocycles. The average Bonchev–Trinajstić information content (AvgIpc) is 2.99. The minimum absolute atomic E-state index is 0.0606. The lowest BCUT2D eigenvalue weighted by molar-refractivity contribution is -0.110. The van der Waals surface area contributed by atoms with Crippen molar-refractivity contribution in [1.82, 2.24) is 0 Å². The van der Waals surface area contributed by atoms with Crippen molar-refractivity contribution in [3.63, 3.8) is 0 Å². The molecule has 28 heavy (non-hydrogen) atoms. The van der Waals surface area contributed by atoms with Crippen LogP contribution in [0.4, 0.5) is 5.69 Å². The number of methoxy groups -OCH3 is 2. The second-order valence-electron chi connectivity index (χ2n) is 6.03. The van der Waals surface area contributed by atoms with Gasteiger partial charge in [0.2, 0.25) is 0 Å². The first-order chi connectivity index (χ1) is 13.5. The largest absolute Gasteiger partial charge is 0.464 e. The van der Waals surface area contributed by atoms with Gasteiger partial charge in [-0.3, -0.25) is 4.79 Å². The summed E-state index contributed by atoms with van der Waals surface area (Å²) in [5, 5.41) is 2.91. The van der Waals surface area contributed by atoms with Crippen molar-refractivity contribution in [2.75, 3.05) is 33.1 Å². The van der Waals surface area contributed by atoms with Crippen LogP contribution in [0, 0.1) is 0 Å². The lowest BCUT2D eigenvalue weighted by atomic mass is 9.96. The molecule has 0 radical (unpaired) electrons. The summed E-state index contributed by atoms with van der Waals surface area (Å²) < 4.78 is 22.9. The lowest BCUT2D eigenvalue weighted by Crippen LogP contribution is -2.07. The predicted octanol–water partition coefficient (Wildman–Crippen LogP) is 5.06. The Balaban J connectivity index is 2.10. The van der Waals surface area contributed by atoms with E-state index in [1.807, 2.05) is 37.3 Å². The third-order valence-electron chi connectivity index (χ3n) is 4.20. The molecular weight excluding hydrogens is 494 g/mol. The van der Waals surface area contributed by atoms with Crippen LogP contribution in [-0.4, -0.2) is 33.7 Å². The Kier molecular flexibility index (Phi) is 6.77. The number of anilines is 1. The molecule has 0 fully saturated rings. The highest BCUT2D eigenvalue weighted by atomic mass is 79.9. The van der Waals surface area contributed by atoms with E-state index in [-0.39, 0.29) is 19.5 Å². The van der Waals surface area contributed by atoms with Gasteiger partial charge in [-0.2, -0.15) is 0 Å². The number of fused-ring (bicyclic) bond motifs is 1. The summed E-state index contributed by atoms with van der Waals surface area (Å²) in [6.45, 7) is 2.04. The van der Waals surface area contributed by atoms with Gasteiger partial charge in [0.05, 0.1) is 10.0 Å². The number of rotatable bonds is 7. The molecule has 1 amide bonds. The van der Waals surface area contributed by atoms with Gasteiger partial charge in [0.25, 0.3) is 5.91 Å². The molecular formula is C20H19Br2NO5. The number of amides is 1. The standard InChI is InChI=1S/C20H19Br2NO5/c1-11(18-14-8-13(21)4-5-16(14)23-20(18)24)12-6-15(22)19(28-10-26-3)17(7-12)27-9-25-2/h4-8H,9-10H2,1-3H3,(H,23,24)/b18-11+. The molecule has 0 spiro atoms. The van der Waals surface area contributed by atoms with E-state index in [9.17, 15) is 4.79 Å². The number of allylic oxidation sites excluding steroid dienone is 1. The maximum absolute atomic E-state index is 12.6. The topological polar surface area (TPSA) is 66.0 Å². The van der Waals surface area contributed by atoms with E-state index in [1.165, 1.54) is 0 Å². The van der Waals surface area contributed by atoms with Crippen molar-refractivity contribution in [1.29, 1.82) is 0 Å². The number of ether oxygens (including phenoxy) is 4. The van der Waals surface area contributed by atoms with Gasteiger partial charge >= 0.3 is 0 Å². The Bertz CT molecular complexity index is 942. The normalized spacial score (nSPS) is 14.5. The van der Waals surface area contributed by atoms with Crippen LogP contribution in [0.25, 0.3) is 11.1 Å². The van der Waals surface area contributed by atoms with Gasteiger partial charge in [-0.1, -0.05) is 15.9 Å². The Morgan fingerprint density at radius 2 is 1.75 bits per heavy atom. The van der Waals surface area contributed by atoms with Gasteiger partial charge in [0, 0.05) is 29.9 Å². The van der Waals surface area contributed by atoms with Crippen LogP contribution in [0.3, 0.4) is 0 Å². The van der Waals surface area contributed by atoms with Crippen LogP contribution < -0.4 is 14.8 Å². The molecule has 1 N–H and O–H groups in total. The van der Waals surface area contributed by atoms with Crippen molar-refractivity contribution in [2.24, 2.45) is 0 Å². The van der Waals surface area contributed by atoms with Gasteiger partial charge in [-0.15, -0.1) is 0 Å². The first kappa shape index (κ1) is 20.9. The number of hydrogen-bond donors (Lipinski definition) is 1. The van der Waals surface area contributed by atoms with E-state index in [0.717, 1.165) is 26.9 Å². The fourth-order valence-electron chi connectivity index (χ4n) is 2.93. The molecule has 3 rings (SSSR count). The molecule has 2 aromatic rings. The number of benzene rings is 2. The highest BCUT2D eigenvalue weighted by Crippen LogP contribution is 2.42. The molecule has 0 aromatic heterocycles. The van der Waals surface area contributed by atoms with Crippen molar-refractivity contribution in [3.05, 3.63) is 50.4 Å². The molecule has 2 aromatic carbocycles. The molecule has 8 heteroatoms. The number of carbonyl (C=O) groups excluding carboxylic acids is 1. The van der Waals surface area contributed by atoms with Crippen LogP contribution in [0.1, 0.15) is 18.1 Å². The number of hydrogen-bond acceptors (Lipinski definition) is 5. The fraction of sp³-hybridized carbons (Fsp3) is 0.250. The number of carbonyl (C=O) groups is 1. The molecule has 0 atom stereocenters. The zero-order valence-electron chi connectivity index (χ0n) is 15.6. The van der Waals surface area contributed by atoms with Crippen LogP contribution in [0.2, 0.25) is 0 Å². The quantitative estimate of drug-likeness (QED) is 0.415. The molecule has 0 saturated carbocycles. The second-order valence-corrected chi connectivity index (χ2v) is 7.80. The van der Waals surface area contributed by atoms with E-state index in [1.54, 1.807) is 14.2 Å². The minimum Gasteiger partial charge on any atom is -0.464 e. The summed E-state index contributed by atoms with van der Waals surface area (Å²) in [6, 6.07) is 9.41. The van der Waals surface area contributed by atoms with Crippen LogP contribution in [-0.2, 0) is 14.3 Å². The van der Waals surface area contributed by atoms with E-state index in [2.05, 4.69) is 37.2 Å². The first-order valence-electron chi connectivity index (χ1n) is 8.35. The Morgan fingerprint density at radius 3 is 2.46 bits per heavy atom. The second kappa shape index (κ2) is 9.09. The monoisotopic (exact) mass is 511 g/mol. The first-order valence-corrected chi connectivity index (χ1v) is 9.94. The van der Waals surface area contributed by atoms with Crippen LogP contribution >= 0.6 is 31.9 Å². The number of nitrogens with one attached hydrogen (secondary N) is 1. The Morgan fingerprint density at radius 1 is 1.04 bits per heavy atom. The predicted molar refractivity (Wildman–Crippen MR) is 114 cm³/mol. The van der Waals surface area contributed by atoms with Crippen molar-refractivity contribution in [2.45, 2.75) is 6.92 Å². The molecule has 0 unspecified atom stereocenters. The van der Waals surface area contributed by atoms with Crippen LogP contribution in [0.15, 0.2) is 39.3 Å². The summed E-state index contributed by atoms with van der Waals surface area (Å²) in [6.07, 6.45) is 0. The smallest absolute Gasteiger partial charge is 0.256 e. The highest BCUT2D eigenvalue weighted by molar-refractivity contribution is 9.10. The fourth-order valence-corrected chi connectivity index (χ4v) is 3.85. The third-order valence-corrected chi connectivity index (χ3v) is 5.28. The maximum atomic E-state index is 12.6. The van der Waals surface area contributed by atoms with Crippen molar-refractivity contribution >= 4 is 54.6 Å². The molecule has 1 aliphatic rings. The van der Waals surface area contributed by atoms with Gasteiger partial charge in [0.15, 0.2) is 25.1 Å². The van der Waals surface area contributed by atoms with E-state index in [0.29, 0.717) is 21.5 Å². The van der Waals surface area contributed by atoms with E-state index in [4.69, 9.17) is 18.9 Å². The molecule has 0 saturated heterocycles. The highest BCUT2D eigenvalue weighted by Gasteiger charge is 2.27. The number of halogens is 2. The lowest BCUT2D eigenvalue weighted by Gasteiger charge is -2.16. The van der Waals surface area contributed by atoms with Gasteiger partial charge < -0.3 is 24.3 Å². The SMILES string of the molecule is COCOc1cc(/C(C)=C2/C(=O)Nc3ccc(Br)cc32)cc(Br)c1OCOC. The summed E-state index contributed by atoms with van der Waals surface area (Å²) in [5.74, 6) is 0.844. The van der Waals surface area contributed by atoms with Gasteiger partial charge in [-0.25, -0.2) is 0 Å². The average molecular weight is 513 g/mol. The molecule has 6 nitrogen and oxygen atoms in total. The summed E-state index contributed by atoms with van der Waals surface area (Å²) in [4.78, 5) is 12.6. The van der Waals surface area contributed by atoms with Crippen LogP contribution in [0.5, 0.6) is 11.5 Å². The zero-order valence-corrected chi connectivity index (χ0v) is 18.8. The molecule has 1 aliphatic heterocycles. The summed E-state index contributed by atoms with van der Waals surface area (Å²) in [7, 11) is 3.08. The van der Waals surface area contributed by atoms with Gasteiger partial charge in [0.1, 0.15) is 0 Å². The molecule has 1 heterocycles.